The lowest BCUT2D eigenvalue weighted by atomic mass is 10.2. The Morgan fingerprint density at radius 1 is 1.41 bits per heavy atom. The number of carbonyl (C=O) groups excluding carboxylic acids is 1. The van der Waals surface area contributed by atoms with Gasteiger partial charge in [0.05, 0.1) is 24.6 Å². The predicted octanol–water partition coefficient (Wildman–Crippen LogP) is 1.79. The standard InChI is InChI=1S/C11H14ClN3O2/c12-8-1-2-10(9(13)7-8)14-11(16)15-3-5-17-6-4-15/h1-2,7H,3-6,13H2,(H,14,16). The van der Waals surface area contributed by atoms with Crippen molar-refractivity contribution >= 4 is 29.0 Å². The van der Waals surface area contributed by atoms with Gasteiger partial charge in [-0.25, -0.2) is 4.79 Å². The van der Waals surface area contributed by atoms with E-state index in [0.29, 0.717) is 42.7 Å². The van der Waals surface area contributed by atoms with Gasteiger partial charge in [0.2, 0.25) is 0 Å². The number of nitrogen functional groups attached to an aromatic ring is 1. The zero-order chi connectivity index (χ0) is 12.3. The van der Waals surface area contributed by atoms with Crippen LogP contribution in [-0.2, 0) is 4.74 Å². The average molecular weight is 256 g/mol. The molecule has 1 saturated heterocycles. The number of ether oxygens (including phenoxy) is 1. The van der Waals surface area contributed by atoms with Crippen molar-refractivity contribution in [2.24, 2.45) is 0 Å². The quantitative estimate of drug-likeness (QED) is 0.752. The minimum absolute atomic E-state index is 0.165. The van der Waals surface area contributed by atoms with Crippen molar-refractivity contribution in [3.05, 3.63) is 23.2 Å². The fraction of sp³-hybridized carbons (Fsp3) is 0.364. The molecule has 1 aromatic rings. The van der Waals surface area contributed by atoms with Gasteiger partial charge in [-0.2, -0.15) is 0 Å². The van der Waals surface area contributed by atoms with Crippen LogP contribution in [0.15, 0.2) is 18.2 Å². The summed E-state index contributed by atoms with van der Waals surface area (Å²) in [6.45, 7) is 2.34. The van der Waals surface area contributed by atoms with Gasteiger partial charge in [0.15, 0.2) is 0 Å². The Hall–Kier alpha value is -1.46. The minimum atomic E-state index is -0.165. The second kappa shape index (κ2) is 5.25. The number of rotatable bonds is 1. The average Bonchev–Trinajstić information content (AvgIpc) is 2.34. The molecular formula is C11H14ClN3O2. The molecule has 6 heteroatoms. The smallest absolute Gasteiger partial charge is 0.322 e. The van der Waals surface area contributed by atoms with E-state index in [1.807, 2.05) is 0 Å². The van der Waals surface area contributed by atoms with Crippen LogP contribution in [0.3, 0.4) is 0 Å². The van der Waals surface area contributed by atoms with Crippen LogP contribution < -0.4 is 11.1 Å². The number of halogens is 1. The fourth-order valence-corrected chi connectivity index (χ4v) is 1.79. The molecule has 1 aromatic carbocycles. The molecule has 0 radical (unpaired) electrons. The molecule has 5 nitrogen and oxygen atoms in total. The lowest BCUT2D eigenvalue weighted by molar-refractivity contribution is 0.0564. The summed E-state index contributed by atoms with van der Waals surface area (Å²) in [7, 11) is 0. The van der Waals surface area contributed by atoms with Crippen LogP contribution in [0.2, 0.25) is 5.02 Å². The van der Waals surface area contributed by atoms with Gasteiger partial charge in [0.1, 0.15) is 0 Å². The normalized spacial score (nSPS) is 15.7. The first-order chi connectivity index (χ1) is 8.16. The van der Waals surface area contributed by atoms with Gasteiger partial charge < -0.3 is 20.7 Å². The van der Waals surface area contributed by atoms with Crippen molar-refractivity contribution in [1.29, 1.82) is 0 Å². The molecular weight excluding hydrogens is 242 g/mol. The molecule has 1 fully saturated rings. The number of hydrogen-bond acceptors (Lipinski definition) is 3. The molecule has 0 aromatic heterocycles. The zero-order valence-corrected chi connectivity index (χ0v) is 10.0. The molecule has 0 bridgehead atoms. The third-order valence-corrected chi connectivity index (χ3v) is 2.79. The summed E-state index contributed by atoms with van der Waals surface area (Å²) in [4.78, 5) is 13.6. The summed E-state index contributed by atoms with van der Waals surface area (Å²) in [6, 6.07) is 4.82. The third-order valence-electron chi connectivity index (χ3n) is 2.55. The van der Waals surface area contributed by atoms with E-state index in [1.165, 1.54) is 0 Å². The minimum Gasteiger partial charge on any atom is -0.397 e. The maximum absolute atomic E-state index is 11.9. The molecule has 3 N–H and O–H groups in total. The molecule has 17 heavy (non-hydrogen) atoms. The van der Waals surface area contributed by atoms with Crippen LogP contribution in [-0.4, -0.2) is 37.2 Å². The van der Waals surface area contributed by atoms with E-state index in [2.05, 4.69) is 5.32 Å². The fourth-order valence-electron chi connectivity index (χ4n) is 1.61. The molecule has 2 rings (SSSR count). The van der Waals surface area contributed by atoms with E-state index in [-0.39, 0.29) is 6.03 Å². The Morgan fingerprint density at radius 2 is 2.12 bits per heavy atom. The predicted molar refractivity (Wildman–Crippen MR) is 67.3 cm³/mol. The van der Waals surface area contributed by atoms with Crippen LogP contribution in [0, 0.1) is 0 Å². The van der Waals surface area contributed by atoms with Gasteiger partial charge in [-0.15, -0.1) is 0 Å². The van der Waals surface area contributed by atoms with Gasteiger partial charge in [-0.3, -0.25) is 0 Å². The summed E-state index contributed by atoms with van der Waals surface area (Å²) in [5.41, 5.74) is 6.79. The van der Waals surface area contributed by atoms with Crippen LogP contribution in [0.4, 0.5) is 16.2 Å². The summed E-state index contributed by atoms with van der Waals surface area (Å²) < 4.78 is 5.18. The van der Waals surface area contributed by atoms with Crippen molar-refractivity contribution in [2.45, 2.75) is 0 Å². The van der Waals surface area contributed by atoms with Crippen molar-refractivity contribution in [2.75, 3.05) is 37.4 Å². The van der Waals surface area contributed by atoms with Crippen LogP contribution in [0.25, 0.3) is 0 Å². The molecule has 0 atom stereocenters. The number of nitrogens with one attached hydrogen (secondary N) is 1. The first kappa shape index (κ1) is 12.0. The van der Waals surface area contributed by atoms with E-state index >= 15 is 0 Å². The number of hydrogen-bond donors (Lipinski definition) is 2. The number of carbonyl (C=O) groups is 1. The van der Waals surface area contributed by atoms with Gasteiger partial charge in [-0.05, 0) is 18.2 Å². The molecule has 1 heterocycles. The lowest BCUT2D eigenvalue weighted by Gasteiger charge is -2.27. The number of anilines is 2. The second-order valence-electron chi connectivity index (χ2n) is 3.76. The van der Waals surface area contributed by atoms with Crippen molar-refractivity contribution in [3.63, 3.8) is 0 Å². The molecule has 0 spiro atoms. The molecule has 2 amide bonds. The Bertz CT molecular complexity index is 419. The number of amides is 2. The van der Waals surface area contributed by atoms with E-state index in [1.54, 1.807) is 23.1 Å². The van der Waals surface area contributed by atoms with Crippen molar-refractivity contribution in [3.8, 4) is 0 Å². The van der Waals surface area contributed by atoms with Crippen molar-refractivity contribution in [1.82, 2.24) is 4.90 Å². The highest BCUT2D eigenvalue weighted by atomic mass is 35.5. The summed E-state index contributed by atoms with van der Waals surface area (Å²) in [6.07, 6.45) is 0. The number of nitrogens with zero attached hydrogens (tertiary/aromatic N) is 1. The van der Waals surface area contributed by atoms with E-state index in [0.717, 1.165) is 0 Å². The highest BCUT2D eigenvalue weighted by Crippen LogP contribution is 2.22. The van der Waals surface area contributed by atoms with Gasteiger partial charge in [-0.1, -0.05) is 11.6 Å². The Kier molecular flexibility index (Phi) is 3.71. The zero-order valence-electron chi connectivity index (χ0n) is 9.28. The number of nitrogens with two attached hydrogens (primary N) is 1. The summed E-state index contributed by atoms with van der Waals surface area (Å²) in [5.74, 6) is 0. The summed E-state index contributed by atoms with van der Waals surface area (Å²) >= 11 is 5.78. The number of urea groups is 1. The summed E-state index contributed by atoms with van der Waals surface area (Å²) in [5, 5.41) is 3.30. The second-order valence-corrected chi connectivity index (χ2v) is 4.20. The van der Waals surface area contributed by atoms with Gasteiger partial charge >= 0.3 is 6.03 Å². The third kappa shape index (κ3) is 3.01. The largest absolute Gasteiger partial charge is 0.397 e. The van der Waals surface area contributed by atoms with Crippen LogP contribution in [0.1, 0.15) is 0 Å². The maximum atomic E-state index is 11.9. The highest BCUT2D eigenvalue weighted by Gasteiger charge is 2.17. The van der Waals surface area contributed by atoms with Crippen LogP contribution >= 0.6 is 11.6 Å². The molecule has 0 aliphatic carbocycles. The Labute approximate surface area is 104 Å². The molecule has 1 aliphatic heterocycles. The maximum Gasteiger partial charge on any atom is 0.322 e. The number of morpholine rings is 1. The SMILES string of the molecule is Nc1cc(Cl)ccc1NC(=O)N1CCOCC1. The molecule has 92 valence electrons. The van der Waals surface area contributed by atoms with E-state index in [9.17, 15) is 4.79 Å². The first-order valence-corrected chi connectivity index (χ1v) is 5.73. The lowest BCUT2D eigenvalue weighted by Crippen LogP contribution is -2.43. The van der Waals surface area contributed by atoms with Crippen molar-refractivity contribution < 1.29 is 9.53 Å². The van der Waals surface area contributed by atoms with E-state index < -0.39 is 0 Å². The Balaban J connectivity index is 2.02. The monoisotopic (exact) mass is 255 g/mol. The molecule has 1 aliphatic rings. The Morgan fingerprint density at radius 3 is 2.76 bits per heavy atom. The topological polar surface area (TPSA) is 67.6 Å². The number of benzene rings is 1. The van der Waals surface area contributed by atoms with Gasteiger partial charge in [0, 0.05) is 18.1 Å². The first-order valence-electron chi connectivity index (χ1n) is 5.35. The highest BCUT2D eigenvalue weighted by molar-refractivity contribution is 6.31. The van der Waals surface area contributed by atoms with Gasteiger partial charge in [0.25, 0.3) is 0 Å². The molecule has 0 unspecified atom stereocenters. The van der Waals surface area contributed by atoms with E-state index in [4.69, 9.17) is 22.1 Å². The molecule has 0 saturated carbocycles. The van der Waals surface area contributed by atoms with Crippen LogP contribution in [0.5, 0.6) is 0 Å².